The highest BCUT2D eigenvalue weighted by molar-refractivity contribution is 5.91. The van der Waals surface area contributed by atoms with Crippen LogP contribution in [0, 0.1) is 0 Å². The van der Waals surface area contributed by atoms with Crippen molar-refractivity contribution in [3.63, 3.8) is 0 Å². The summed E-state index contributed by atoms with van der Waals surface area (Å²) in [6.07, 6.45) is 4.69. The summed E-state index contributed by atoms with van der Waals surface area (Å²) in [6.45, 7) is 0.350. The summed E-state index contributed by atoms with van der Waals surface area (Å²) >= 11 is 0. The first-order valence-electron chi connectivity index (χ1n) is 6.20. The van der Waals surface area contributed by atoms with Crippen LogP contribution in [-0.4, -0.2) is 58.6 Å². The van der Waals surface area contributed by atoms with Gasteiger partial charge in [0.2, 0.25) is 0 Å². The van der Waals surface area contributed by atoms with Crippen molar-refractivity contribution in [2.75, 3.05) is 13.7 Å². The topological polar surface area (TPSA) is 112 Å². The Balaban J connectivity index is 1.83. The third kappa shape index (κ3) is 3.96. The summed E-state index contributed by atoms with van der Waals surface area (Å²) < 4.78 is 10.6. The second-order valence-electron chi connectivity index (χ2n) is 4.30. The number of ether oxygens (including phenoxy) is 2. The molecule has 2 rings (SSSR count). The van der Waals surface area contributed by atoms with Crippen LogP contribution in [0.5, 0.6) is 0 Å². The zero-order valence-electron chi connectivity index (χ0n) is 11.3. The van der Waals surface area contributed by atoms with E-state index in [0.717, 1.165) is 16.8 Å². The zero-order valence-corrected chi connectivity index (χ0v) is 11.3. The number of hydrogen-bond donors (Lipinski definition) is 1. The molecule has 0 amide bonds. The summed E-state index contributed by atoms with van der Waals surface area (Å²) in [6, 6.07) is -0.492. The Labute approximate surface area is 119 Å². The normalized spacial score (nSPS) is 21.4. The fourth-order valence-electron chi connectivity index (χ4n) is 1.87. The first kappa shape index (κ1) is 14.9. The molecule has 9 nitrogen and oxygen atoms in total. The van der Waals surface area contributed by atoms with Gasteiger partial charge in [-0.05, 0) is 0 Å². The van der Waals surface area contributed by atoms with E-state index in [1.54, 1.807) is 0 Å². The van der Waals surface area contributed by atoms with E-state index in [1.165, 1.54) is 19.5 Å². The molecule has 1 fully saturated rings. The number of aromatic nitrogens is 3. The van der Waals surface area contributed by atoms with Gasteiger partial charge in [0.25, 0.3) is 5.91 Å². The van der Waals surface area contributed by atoms with Crippen LogP contribution < -0.4 is 5.32 Å². The van der Waals surface area contributed by atoms with Crippen molar-refractivity contribution in [2.45, 2.75) is 18.6 Å². The predicted octanol–water partition coefficient (Wildman–Crippen LogP) is -1.08. The molecule has 21 heavy (non-hydrogen) atoms. The molecule has 1 N–H and O–H groups in total. The van der Waals surface area contributed by atoms with E-state index in [1.807, 2.05) is 0 Å². The molecule has 0 aliphatic carbocycles. The molecule has 1 aromatic rings. The van der Waals surface area contributed by atoms with Crippen LogP contribution in [0.15, 0.2) is 24.5 Å². The Morgan fingerprint density at radius 3 is 2.76 bits per heavy atom. The van der Waals surface area contributed by atoms with Crippen molar-refractivity contribution in [1.29, 1.82) is 0 Å². The van der Waals surface area contributed by atoms with E-state index in [2.05, 4.69) is 20.4 Å². The molecule has 0 spiro atoms. The van der Waals surface area contributed by atoms with E-state index in [0.29, 0.717) is 13.0 Å². The van der Waals surface area contributed by atoms with Crippen LogP contribution in [-0.2, 0) is 19.1 Å². The minimum Gasteiger partial charge on any atom is -0.466 e. The van der Waals surface area contributed by atoms with Crippen molar-refractivity contribution >= 4 is 17.8 Å². The van der Waals surface area contributed by atoms with Crippen molar-refractivity contribution < 1.29 is 23.9 Å². The number of carbonyl (C=O) groups excluding carboxylic acids is 3. The maximum atomic E-state index is 12.0. The van der Waals surface area contributed by atoms with Crippen LogP contribution in [0.4, 0.5) is 0 Å². The van der Waals surface area contributed by atoms with E-state index in [4.69, 9.17) is 4.74 Å². The Morgan fingerprint density at radius 1 is 1.33 bits per heavy atom. The van der Waals surface area contributed by atoms with Gasteiger partial charge in [-0.3, -0.25) is 4.79 Å². The average Bonchev–Trinajstić information content (AvgIpc) is 3.15. The molecule has 1 aliphatic heterocycles. The van der Waals surface area contributed by atoms with Gasteiger partial charge in [-0.25, -0.2) is 9.59 Å². The molecule has 112 valence electrons. The van der Waals surface area contributed by atoms with Gasteiger partial charge in [0, 0.05) is 25.1 Å². The molecule has 2 atom stereocenters. The molecule has 0 unspecified atom stereocenters. The minimum atomic E-state index is -0.666. The number of carbonyl (C=O) groups is 3. The van der Waals surface area contributed by atoms with Gasteiger partial charge >= 0.3 is 11.9 Å². The Morgan fingerprint density at radius 2 is 2.10 bits per heavy atom. The molecular formula is C12H14N4O5. The number of nitrogens with one attached hydrogen (secondary N) is 1. The summed E-state index contributed by atoms with van der Waals surface area (Å²) in [4.78, 5) is 34.3. The Hall–Kier alpha value is -2.55. The largest absolute Gasteiger partial charge is 0.466 e. The Bertz CT molecular complexity index is 554. The van der Waals surface area contributed by atoms with E-state index >= 15 is 0 Å². The van der Waals surface area contributed by atoms with Crippen LogP contribution in [0.25, 0.3) is 0 Å². The number of methoxy groups -OCH3 is 1. The molecular weight excluding hydrogens is 280 g/mol. The van der Waals surface area contributed by atoms with Gasteiger partial charge in [-0.1, -0.05) is 5.21 Å². The molecule has 0 radical (unpaired) electrons. The first-order chi connectivity index (χ1) is 10.1. The second kappa shape index (κ2) is 6.75. The quantitative estimate of drug-likeness (QED) is 0.551. The number of nitrogens with zero attached hydrogens (tertiary/aromatic N) is 3. The molecule has 1 aromatic heterocycles. The summed E-state index contributed by atoms with van der Waals surface area (Å²) in [5.41, 5.74) is 0. The van der Waals surface area contributed by atoms with E-state index in [-0.39, 0.29) is 5.91 Å². The SMILES string of the molecule is COC(=O)/C=C/C(=O)O[C@H]1CN[C@H](C(=O)n2ccnn2)C1. The van der Waals surface area contributed by atoms with Gasteiger partial charge in [-0.2, -0.15) is 4.68 Å². The van der Waals surface area contributed by atoms with Gasteiger partial charge < -0.3 is 14.8 Å². The molecule has 2 heterocycles. The zero-order chi connectivity index (χ0) is 15.2. The van der Waals surface area contributed by atoms with Crippen molar-refractivity contribution in [2.24, 2.45) is 0 Å². The van der Waals surface area contributed by atoms with Gasteiger partial charge in [0.05, 0.1) is 25.5 Å². The van der Waals surface area contributed by atoms with Gasteiger partial charge in [-0.15, -0.1) is 5.10 Å². The van der Waals surface area contributed by atoms with Crippen molar-refractivity contribution in [1.82, 2.24) is 20.3 Å². The monoisotopic (exact) mass is 294 g/mol. The second-order valence-corrected chi connectivity index (χ2v) is 4.30. The minimum absolute atomic E-state index is 0.267. The lowest BCUT2D eigenvalue weighted by molar-refractivity contribution is -0.143. The maximum Gasteiger partial charge on any atom is 0.331 e. The Kier molecular flexibility index (Phi) is 4.77. The molecule has 1 aliphatic rings. The van der Waals surface area contributed by atoms with E-state index < -0.39 is 24.1 Å². The lowest BCUT2D eigenvalue weighted by Crippen LogP contribution is -2.35. The number of rotatable bonds is 4. The van der Waals surface area contributed by atoms with Crippen LogP contribution in [0.1, 0.15) is 11.2 Å². The lowest BCUT2D eigenvalue weighted by Gasteiger charge is -2.09. The highest BCUT2D eigenvalue weighted by Gasteiger charge is 2.32. The fourth-order valence-corrected chi connectivity index (χ4v) is 1.87. The predicted molar refractivity (Wildman–Crippen MR) is 68.1 cm³/mol. The molecule has 9 heteroatoms. The summed E-state index contributed by atoms with van der Waals surface area (Å²) in [7, 11) is 1.21. The molecule has 0 saturated carbocycles. The highest BCUT2D eigenvalue weighted by atomic mass is 16.5. The maximum absolute atomic E-state index is 12.0. The van der Waals surface area contributed by atoms with Crippen LogP contribution >= 0.6 is 0 Å². The van der Waals surface area contributed by atoms with E-state index in [9.17, 15) is 14.4 Å². The van der Waals surface area contributed by atoms with Crippen LogP contribution in [0.2, 0.25) is 0 Å². The average molecular weight is 294 g/mol. The third-order valence-corrected chi connectivity index (χ3v) is 2.88. The number of hydrogen-bond acceptors (Lipinski definition) is 8. The van der Waals surface area contributed by atoms with Crippen LogP contribution in [0.3, 0.4) is 0 Å². The van der Waals surface area contributed by atoms with Crippen molar-refractivity contribution in [3.05, 3.63) is 24.5 Å². The molecule has 1 saturated heterocycles. The van der Waals surface area contributed by atoms with Gasteiger partial charge in [0.1, 0.15) is 6.10 Å². The van der Waals surface area contributed by atoms with Gasteiger partial charge in [0.15, 0.2) is 0 Å². The smallest absolute Gasteiger partial charge is 0.331 e. The third-order valence-electron chi connectivity index (χ3n) is 2.88. The summed E-state index contributed by atoms with van der Waals surface area (Å²) in [5, 5.41) is 10.1. The van der Waals surface area contributed by atoms with Crippen molar-refractivity contribution in [3.8, 4) is 0 Å². The standard InChI is InChI=1S/C12H14N4O5/c1-20-10(17)2-3-11(18)21-8-6-9(13-7-8)12(19)16-5-4-14-15-16/h2-5,8-9,13H,6-7H2,1H3/b3-2+/t8-,9+/m1/s1. The lowest BCUT2D eigenvalue weighted by atomic mass is 10.2. The summed E-state index contributed by atoms with van der Waals surface area (Å²) in [5.74, 6) is -1.58. The first-order valence-corrected chi connectivity index (χ1v) is 6.20. The fraction of sp³-hybridized carbons (Fsp3) is 0.417. The number of esters is 2. The molecule has 0 bridgehead atoms. The molecule has 0 aromatic carbocycles. The highest BCUT2D eigenvalue weighted by Crippen LogP contribution is 2.12.